The van der Waals surface area contributed by atoms with E-state index < -0.39 is 6.09 Å². The molecule has 0 aromatic heterocycles. The Morgan fingerprint density at radius 1 is 1.40 bits per heavy atom. The molecule has 0 bridgehead atoms. The van der Waals surface area contributed by atoms with Crippen molar-refractivity contribution in [3.05, 3.63) is 36.4 Å². The van der Waals surface area contributed by atoms with E-state index in [4.69, 9.17) is 5.11 Å². The first-order valence-electron chi connectivity index (χ1n) is 4.96. The van der Waals surface area contributed by atoms with Crippen LogP contribution in [0.15, 0.2) is 30.8 Å². The second-order valence-corrected chi connectivity index (χ2v) is 3.78. The van der Waals surface area contributed by atoms with Gasteiger partial charge in [0.2, 0.25) is 0 Å². The van der Waals surface area contributed by atoms with Crippen LogP contribution < -0.4 is 5.32 Å². The summed E-state index contributed by atoms with van der Waals surface area (Å²) in [6.07, 6.45) is 1.30. The Bertz CT molecular complexity index is 408. The molecule has 3 heteroatoms. The molecule has 1 aliphatic carbocycles. The van der Waals surface area contributed by atoms with Crippen molar-refractivity contribution in [2.75, 3.05) is 5.32 Å². The SMILES string of the molecule is C=C(c1ccccc1NC(=O)O)C1CC1. The Balaban J connectivity index is 2.28. The number of allylic oxidation sites excluding steroid dienone is 1. The van der Waals surface area contributed by atoms with E-state index in [1.54, 1.807) is 6.07 Å². The van der Waals surface area contributed by atoms with Crippen molar-refractivity contribution in [1.29, 1.82) is 0 Å². The molecule has 0 atom stereocenters. The van der Waals surface area contributed by atoms with Gasteiger partial charge in [0, 0.05) is 5.56 Å². The predicted molar refractivity (Wildman–Crippen MR) is 59.8 cm³/mol. The maximum absolute atomic E-state index is 10.6. The van der Waals surface area contributed by atoms with Gasteiger partial charge in [-0.05, 0) is 30.4 Å². The van der Waals surface area contributed by atoms with E-state index in [9.17, 15) is 4.79 Å². The number of carboxylic acid groups (broad SMARTS) is 1. The van der Waals surface area contributed by atoms with Crippen LogP contribution in [-0.2, 0) is 0 Å². The molecule has 1 aromatic carbocycles. The molecule has 1 saturated carbocycles. The van der Waals surface area contributed by atoms with E-state index in [1.807, 2.05) is 18.2 Å². The monoisotopic (exact) mass is 203 g/mol. The van der Waals surface area contributed by atoms with Crippen molar-refractivity contribution in [3.63, 3.8) is 0 Å². The highest BCUT2D eigenvalue weighted by Gasteiger charge is 2.26. The average Bonchev–Trinajstić information content (AvgIpc) is 3.00. The first kappa shape index (κ1) is 9.77. The highest BCUT2D eigenvalue weighted by Crippen LogP contribution is 2.42. The molecule has 1 amide bonds. The third-order valence-electron chi connectivity index (χ3n) is 2.58. The Labute approximate surface area is 88.4 Å². The fraction of sp³-hybridized carbons (Fsp3) is 0.250. The molecule has 0 aliphatic heterocycles. The molecule has 0 radical (unpaired) electrons. The number of amides is 1. The van der Waals surface area contributed by atoms with Gasteiger partial charge in [-0.1, -0.05) is 24.8 Å². The highest BCUT2D eigenvalue weighted by atomic mass is 16.4. The van der Waals surface area contributed by atoms with Crippen LogP contribution in [0.2, 0.25) is 0 Å². The van der Waals surface area contributed by atoms with Gasteiger partial charge in [0.05, 0.1) is 5.69 Å². The number of hydrogen-bond acceptors (Lipinski definition) is 1. The number of anilines is 1. The van der Waals surface area contributed by atoms with Gasteiger partial charge in [-0.3, -0.25) is 5.32 Å². The molecule has 2 rings (SSSR count). The van der Waals surface area contributed by atoms with E-state index in [2.05, 4.69) is 11.9 Å². The molecular weight excluding hydrogens is 190 g/mol. The molecule has 1 aromatic rings. The van der Waals surface area contributed by atoms with E-state index in [-0.39, 0.29) is 0 Å². The third-order valence-corrected chi connectivity index (χ3v) is 2.58. The van der Waals surface area contributed by atoms with Gasteiger partial charge in [0.15, 0.2) is 0 Å². The molecule has 0 heterocycles. The summed E-state index contributed by atoms with van der Waals surface area (Å²) in [5.41, 5.74) is 2.59. The number of para-hydroxylation sites is 1. The Hall–Kier alpha value is -1.77. The third kappa shape index (κ3) is 2.18. The summed E-state index contributed by atoms with van der Waals surface area (Å²) in [7, 11) is 0. The minimum atomic E-state index is -1.04. The van der Waals surface area contributed by atoms with Crippen molar-refractivity contribution in [2.24, 2.45) is 5.92 Å². The van der Waals surface area contributed by atoms with Crippen LogP contribution in [0.1, 0.15) is 18.4 Å². The molecule has 3 nitrogen and oxygen atoms in total. The van der Waals surface area contributed by atoms with Gasteiger partial charge < -0.3 is 5.11 Å². The quantitative estimate of drug-likeness (QED) is 0.792. The topological polar surface area (TPSA) is 49.3 Å². The fourth-order valence-electron chi connectivity index (χ4n) is 1.64. The number of carbonyl (C=O) groups is 1. The summed E-state index contributed by atoms with van der Waals surface area (Å²) in [5.74, 6) is 0.543. The van der Waals surface area contributed by atoms with Crippen LogP contribution in [0.4, 0.5) is 10.5 Å². The number of benzene rings is 1. The molecule has 2 N–H and O–H groups in total. The second kappa shape index (κ2) is 3.77. The molecule has 1 aliphatic rings. The van der Waals surface area contributed by atoms with Crippen molar-refractivity contribution in [3.8, 4) is 0 Å². The summed E-state index contributed by atoms with van der Waals surface area (Å²) >= 11 is 0. The van der Waals surface area contributed by atoms with Crippen LogP contribution in [0.25, 0.3) is 5.57 Å². The van der Waals surface area contributed by atoms with Gasteiger partial charge in [-0.15, -0.1) is 0 Å². The van der Waals surface area contributed by atoms with Crippen LogP contribution in [-0.4, -0.2) is 11.2 Å². The fourth-order valence-corrected chi connectivity index (χ4v) is 1.64. The lowest BCUT2D eigenvalue weighted by Gasteiger charge is -2.10. The molecule has 1 fully saturated rings. The first-order valence-corrected chi connectivity index (χ1v) is 4.96. The molecule has 15 heavy (non-hydrogen) atoms. The summed E-state index contributed by atoms with van der Waals surface area (Å²) in [6, 6.07) is 7.38. The van der Waals surface area contributed by atoms with Crippen molar-refractivity contribution < 1.29 is 9.90 Å². The van der Waals surface area contributed by atoms with E-state index in [0.29, 0.717) is 11.6 Å². The minimum absolute atomic E-state index is 0.543. The van der Waals surface area contributed by atoms with Crippen molar-refractivity contribution >= 4 is 17.4 Å². The minimum Gasteiger partial charge on any atom is -0.465 e. The summed E-state index contributed by atoms with van der Waals surface area (Å²) in [4.78, 5) is 10.6. The lowest BCUT2D eigenvalue weighted by molar-refractivity contribution is 0.209. The zero-order valence-corrected chi connectivity index (χ0v) is 8.36. The smallest absolute Gasteiger partial charge is 0.409 e. The zero-order chi connectivity index (χ0) is 10.8. The normalized spacial score (nSPS) is 14.7. The predicted octanol–water partition coefficient (Wildman–Crippen LogP) is 3.20. The number of hydrogen-bond donors (Lipinski definition) is 2. The first-order chi connectivity index (χ1) is 7.18. The van der Waals surface area contributed by atoms with E-state index in [0.717, 1.165) is 11.1 Å². The lowest BCUT2D eigenvalue weighted by Crippen LogP contribution is -2.09. The molecule has 0 spiro atoms. The average molecular weight is 203 g/mol. The molecule has 0 unspecified atom stereocenters. The Kier molecular flexibility index (Phi) is 2.46. The summed E-state index contributed by atoms with van der Waals surface area (Å²) in [6.45, 7) is 4.02. The highest BCUT2D eigenvalue weighted by molar-refractivity contribution is 5.89. The van der Waals surface area contributed by atoms with Crippen LogP contribution >= 0.6 is 0 Å². The van der Waals surface area contributed by atoms with Gasteiger partial charge >= 0.3 is 6.09 Å². The van der Waals surface area contributed by atoms with Crippen LogP contribution in [0, 0.1) is 5.92 Å². The molecule has 0 saturated heterocycles. The van der Waals surface area contributed by atoms with Gasteiger partial charge in [0.25, 0.3) is 0 Å². The van der Waals surface area contributed by atoms with E-state index in [1.165, 1.54) is 12.8 Å². The van der Waals surface area contributed by atoms with Crippen LogP contribution in [0.5, 0.6) is 0 Å². The Morgan fingerprint density at radius 2 is 2.07 bits per heavy atom. The lowest BCUT2D eigenvalue weighted by atomic mass is 10.0. The molecule has 78 valence electrons. The maximum atomic E-state index is 10.6. The summed E-state index contributed by atoms with van der Waals surface area (Å²) in [5, 5.41) is 11.1. The van der Waals surface area contributed by atoms with Crippen molar-refractivity contribution in [2.45, 2.75) is 12.8 Å². The maximum Gasteiger partial charge on any atom is 0.409 e. The van der Waals surface area contributed by atoms with E-state index >= 15 is 0 Å². The Morgan fingerprint density at radius 3 is 2.67 bits per heavy atom. The molecular formula is C12H13NO2. The second-order valence-electron chi connectivity index (χ2n) is 3.78. The zero-order valence-electron chi connectivity index (χ0n) is 8.36. The van der Waals surface area contributed by atoms with Crippen molar-refractivity contribution in [1.82, 2.24) is 0 Å². The van der Waals surface area contributed by atoms with Gasteiger partial charge in [0.1, 0.15) is 0 Å². The standard InChI is InChI=1S/C12H13NO2/c1-8(9-6-7-9)10-4-2-3-5-11(10)13-12(14)15/h2-5,9,13H,1,6-7H2,(H,14,15). The van der Waals surface area contributed by atoms with Crippen LogP contribution in [0.3, 0.4) is 0 Å². The summed E-state index contributed by atoms with van der Waals surface area (Å²) < 4.78 is 0. The number of rotatable bonds is 3. The van der Waals surface area contributed by atoms with Gasteiger partial charge in [-0.2, -0.15) is 0 Å². The van der Waals surface area contributed by atoms with Gasteiger partial charge in [-0.25, -0.2) is 4.79 Å². The largest absolute Gasteiger partial charge is 0.465 e. The number of nitrogens with one attached hydrogen (secondary N) is 1.